The van der Waals surface area contributed by atoms with Crippen LogP contribution < -0.4 is 15.8 Å². The summed E-state index contributed by atoms with van der Waals surface area (Å²) in [7, 11) is -3.68. The highest BCUT2D eigenvalue weighted by atomic mass is 32.2. The van der Waals surface area contributed by atoms with Gasteiger partial charge in [-0.2, -0.15) is 0 Å². The summed E-state index contributed by atoms with van der Waals surface area (Å²) in [6, 6.07) is 5.91. The third-order valence-corrected chi connectivity index (χ3v) is 4.62. The van der Waals surface area contributed by atoms with Gasteiger partial charge in [0.2, 0.25) is 15.9 Å². The number of hydrogen-bond donors (Lipinski definition) is 3. The summed E-state index contributed by atoms with van der Waals surface area (Å²) in [6.45, 7) is 2.74. The number of carbonyl (C=O) groups is 1. The summed E-state index contributed by atoms with van der Waals surface area (Å²) in [5.74, 6) is -0.0160. The lowest BCUT2D eigenvalue weighted by Gasteiger charge is -2.24. The topological polar surface area (TPSA) is 101 Å². The number of hydrogen-bond acceptors (Lipinski definition) is 4. The van der Waals surface area contributed by atoms with Gasteiger partial charge >= 0.3 is 0 Å². The van der Waals surface area contributed by atoms with Gasteiger partial charge in [-0.05, 0) is 44.0 Å². The lowest BCUT2D eigenvalue weighted by molar-refractivity contribution is -0.124. The van der Waals surface area contributed by atoms with Gasteiger partial charge in [-0.15, -0.1) is 0 Å². The number of amides is 1. The fraction of sp³-hybridized carbons (Fsp3) is 0.500. The molecular formula is C14H21N3O3S. The number of carbonyl (C=O) groups excluding carboxylic acids is 1. The van der Waals surface area contributed by atoms with E-state index in [4.69, 9.17) is 5.14 Å². The van der Waals surface area contributed by atoms with Crippen LogP contribution in [0.1, 0.15) is 37.8 Å². The molecule has 7 heteroatoms. The molecule has 1 aromatic carbocycles. The molecule has 0 saturated carbocycles. The molecule has 0 bridgehead atoms. The van der Waals surface area contributed by atoms with Crippen molar-refractivity contribution in [3.63, 3.8) is 0 Å². The van der Waals surface area contributed by atoms with E-state index >= 15 is 0 Å². The molecule has 1 aromatic rings. The third kappa shape index (κ3) is 4.26. The molecule has 1 unspecified atom stereocenters. The molecule has 2 atom stereocenters. The number of nitrogens with one attached hydrogen (secondary N) is 2. The Hall–Kier alpha value is -1.44. The van der Waals surface area contributed by atoms with Crippen LogP contribution in [-0.4, -0.2) is 26.9 Å². The van der Waals surface area contributed by atoms with Gasteiger partial charge in [0, 0.05) is 0 Å². The second-order valence-electron chi connectivity index (χ2n) is 5.35. The van der Waals surface area contributed by atoms with E-state index < -0.39 is 10.0 Å². The number of primary sulfonamides is 1. The van der Waals surface area contributed by atoms with Crippen LogP contribution in [0.5, 0.6) is 0 Å². The van der Waals surface area contributed by atoms with Crippen LogP contribution in [0.25, 0.3) is 0 Å². The molecule has 0 radical (unpaired) electrons. The molecule has 2 rings (SSSR count). The summed E-state index contributed by atoms with van der Waals surface area (Å²) in [5.41, 5.74) is 0.839. The van der Waals surface area contributed by atoms with E-state index in [0.29, 0.717) is 0 Å². The first-order valence-corrected chi connectivity index (χ1v) is 8.59. The molecule has 1 aliphatic heterocycles. The first-order chi connectivity index (χ1) is 9.88. The second kappa shape index (κ2) is 6.55. The lowest BCUT2D eigenvalue weighted by Crippen LogP contribution is -2.47. The Morgan fingerprint density at radius 1 is 1.33 bits per heavy atom. The van der Waals surface area contributed by atoms with E-state index in [-0.39, 0.29) is 22.9 Å². The largest absolute Gasteiger partial charge is 0.348 e. The zero-order valence-electron chi connectivity index (χ0n) is 12.0. The highest BCUT2D eigenvalue weighted by molar-refractivity contribution is 7.89. The average Bonchev–Trinajstić information content (AvgIpc) is 2.47. The monoisotopic (exact) mass is 311 g/mol. The molecule has 1 heterocycles. The molecule has 21 heavy (non-hydrogen) atoms. The molecule has 1 fully saturated rings. The van der Waals surface area contributed by atoms with Crippen molar-refractivity contribution in [1.82, 2.24) is 10.6 Å². The van der Waals surface area contributed by atoms with Crippen LogP contribution in [-0.2, 0) is 14.8 Å². The summed E-state index contributed by atoms with van der Waals surface area (Å²) in [5, 5.41) is 11.2. The molecule has 1 saturated heterocycles. The van der Waals surface area contributed by atoms with Gasteiger partial charge in [0.25, 0.3) is 0 Å². The molecule has 1 aliphatic rings. The zero-order chi connectivity index (χ0) is 15.5. The maximum Gasteiger partial charge on any atom is 0.238 e. The number of sulfonamides is 1. The molecule has 6 nitrogen and oxygen atoms in total. The number of benzene rings is 1. The Morgan fingerprint density at radius 2 is 2.00 bits per heavy atom. The zero-order valence-corrected chi connectivity index (χ0v) is 12.8. The van der Waals surface area contributed by atoms with Gasteiger partial charge in [-0.1, -0.05) is 18.6 Å². The minimum absolute atomic E-state index is 0.0160. The van der Waals surface area contributed by atoms with E-state index in [1.807, 2.05) is 6.92 Å². The maximum atomic E-state index is 12.1. The van der Waals surface area contributed by atoms with E-state index in [9.17, 15) is 13.2 Å². The number of piperidine rings is 1. The standard InChI is InChI=1S/C14H21N3O3S/c1-10(17-14(18)13-4-2-3-9-16-13)11-5-7-12(8-6-11)21(15,19)20/h5-8,10,13,16H,2-4,9H2,1H3,(H,17,18)(H2,15,19,20)/t10?,13-/m1/s1. The van der Waals surface area contributed by atoms with Crippen molar-refractivity contribution in [2.75, 3.05) is 6.54 Å². The fourth-order valence-corrected chi connectivity index (χ4v) is 2.93. The highest BCUT2D eigenvalue weighted by Crippen LogP contribution is 2.16. The Kier molecular flexibility index (Phi) is 4.97. The summed E-state index contributed by atoms with van der Waals surface area (Å²) in [4.78, 5) is 12.2. The lowest BCUT2D eigenvalue weighted by atomic mass is 10.0. The van der Waals surface area contributed by atoms with Crippen molar-refractivity contribution in [1.29, 1.82) is 0 Å². The third-order valence-electron chi connectivity index (χ3n) is 3.69. The average molecular weight is 311 g/mol. The quantitative estimate of drug-likeness (QED) is 0.760. The van der Waals surface area contributed by atoms with Crippen molar-refractivity contribution in [2.24, 2.45) is 5.14 Å². The Bertz CT molecular complexity index is 592. The highest BCUT2D eigenvalue weighted by Gasteiger charge is 2.22. The van der Waals surface area contributed by atoms with Gasteiger partial charge in [0.1, 0.15) is 0 Å². The van der Waals surface area contributed by atoms with Gasteiger partial charge < -0.3 is 10.6 Å². The molecule has 0 aliphatic carbocycles. The van der Waals surface area contributed by atoms with Gasteiger partial charge in [0.15, 0.2) is 0 Å². The Morgan fingerprint density at radius 3 is 2.52 bits per heavy atom. The van der Waals surface area contributed by atoms with E-state index in [0.717, 1.165) is 31.4 Å². The molecule has 0 aromatic heterocycles. The molecule has 4 N–H and O–H groups in total. The van der Waals surface area contributed by atoms with Crippen molar-refractivity contribution < 1.29 is 13.2 Å². The van der Waals surface area contributed by atoms with Crippen molar-refractivity contribution in [2.45, 2.75) is 43.2 Å². The van der Waals surface area contributed by atoms with Gasteiger partial charge in [-0.25, -0.2) is 13.6 Å². The van der Waals surface area contributed by atoms with Crippen LogP contribution in [0.4, 0.5) is 0 Å². The van der Waals surface area contributed by atoms with Gasteiger partial charge in [-0.3, -0.25) is 4.79 Å². The van der Waals surface area contributed by atoms with Crippen molar-refractivity contribution >= 4 is 15.9 Å². The molecular weight excluding hydrogens is 290 g/mol. The molecule has 1 amide bonds. The van der Waals surface area contributed by atoms with Crippen molar-refractivity contribution in [3.8, 4) is 0 Å². The minimum Gasteiger partial charge on any atom is -0.348 e. The fourth-order valence-electron chi connectivity index (χ4n) is 2.42. The van der Waals surface area contributed by atoms with Crippen LogP contribution >= 0.6 is 0 Å². The van der Waals surface area contributed by atoms with E-state index in [1.54, 1.807) is 12.1 Å². The minimum atomic E-state index is -3.68. The first kappa shape index (κ1) is 15.9. The summed E-state index contributed by atoms with van der Waals surface area (Å²) in [6.07, 6.45) is 3.01. The number of nitrogens with two attached hydrogens (primary N) is 1. The predicted octanol–water partition coefficient (Wildman–Crippen LogP) is 0.653. The Balaban J connectivity index is 1.99. The van der Waals surface area contributed by atoms with Crippen LogP contribution in [0.15, 0.2) is 29.2 Å². The Labute approximate surface area is 125 Å². The smallest absolute Gasteiger partial charge is 0.238 e. The normalized spacial score (nSPS) is 20.8. The first-order valence-electron chi connectivity index (χ1n) is 7.04. The molecule has 116 valence electrons. The van der Waals surface area contributed by atoms with Crippen LogP contribution in [0.3, 0.4) is 0 Å². The van der Waals surface area contributed by atoms with Crippen LogP contribution in [0, 0.1) is 0 Å². The molecule has 0 spiro atoms. The van der Waals surface area contributed by atoms with E-state index in [1.165, 1.54) is 12.1 Å². The number of rotatable bonds is 4. The summed E-state index contributed by atoms with van der Waals surface area (Å²) >= 11 is 0. The summed E-state index contributed by atoms with van der Waals surface area (Å²) < 4.78 is 22.4. The van der Waals surface area contributed by atoms with E-state index in [2.05, 4.69) is 10.6 Å². The van der Waals surface area contributed by atoms with Crippen molar-refractivity contribution in [3.05, 3.63) is 29.8 Å². The predicted molar refractivity (Wildman–Crippen MR) is 80.0 cm³/mol. The van der Waals surface area contributed by atoms with Gasteiger partial charge in [0.05, 0.1) is 17.0 Å². The second-order valence-corrected chi connectivity index (χ2v) is 6.91. The van der Waals surface area contributed by atoms with Crippen LogP contribution in [0.2, 0.25) is 0 Å². The maximum absolute atomic E-state index is 12.1. The SMILES string of the molecule is CC(NC(=O)[C@H]1CCCCN1)c1ccc(S(N)(=O)=O)cc1.